The summed E-state index contributed by atoms with van der Waals surface area (Å²) in [6, 6.07) is 0. The Balaban J connectivity index is 2.08. The zero-order chi connectivity index (χ0) is 7.40. The summed E-state index contributed by atoms with van der Waals surface area (Å²) < 4.78 is 5.04. The molecule has 1 unspecified atom stereocenters. The third-order valence-corrected chi connectivity index (χ3v) is 2.21. The minimum atomic E-state index is 0.340. The van der Waals surface area contributed by atoms with Gasteiger partial charge < -0.3 is 9.84 Å². The van der Waals surface area contributed by atoms with Crippen LogP contribution < -0.4 is 0 Å². The number of ether oxygens (including phenoxy) is 1. The third-order valence-electron chi connectivity index (χ3n) is 2.21. The minimum Gasteiger partial charge on any atom is -0.396 e. The smallest absolute Gasteiger partial charge is 0.0516 e. The number of aliphatic hydroxyl groups excluding tert-OH is 1. The highest BCUT2D eigenvalue weighted by atomic mass is 16.5. The predicted octanol–water partition coefficient (Wildman–Crippen LogP) is 1.04. The molecule has 0 bridgehead atoms. The van der Waals surface area contributed by atoms with E-state index in [1.165, 1.54) is 0 Å². The SMILES string of the molecule is CCC(CO)CC1COC1. The van der Waals surface area contributed by atoms with Gasteiger partial charge in [-0.05, 0) is 12.3 Å². The van der Waals surface area contributed by atoms with Crippen molar-refractivity contribution in [2.45, 2.75) is 19.8 Å². The lowest BCUT2D eigenvalue weighted by molar-refractivity contribution is -0.0458. The lowest BCUT2D eigenvalue weighted by Gasteiger charge is -2.28. The van der Waals surface area contributed by atoms with Gasteiger partial charge >= 0.3 is 0 Å². The van der Waals surface area contributed by atoms with Gasteiger partial charge in [0.2, 0.25) is 0 Å². The van der Waals surface area contributed by atoms with Gasteiger partial charge in [0.15, 0.2) is 0 Å². The molecule has 1 aliphatic heterocycles. The Kier molecular flexibility index (Phi) is 3.16. The van der Waals surface area contributed by atoms with Crippen LogP contribution in [0.5, 0.6) is 0 Å². The van der Waals surface area contributed by atoms with Gasteiger partial charge in [0, 0.05) is 12.5 Å². The van der Waals surface area contributed by atoms with Crippen molar-refractivity contribution in [2.75, 3.05) is 19.8 Å². The molecule has 1 aliphatic rings. The van der Waals surface area contributed by atoms with Crippen LogP contribution in [0.25, 0.3) is 0 Å². The average molecular weight is 144 g/mol. The highest BCUT2D eigenvalue weighted by Crippen LogP contribution is 2.21. The lowest BCUT2D eigenvalue weighted by atomic mass is 9.92. The van der Waals surface area contributed by atoms with E-state index in [9.17, 15) is 0 Å². The number of hydrogen-bond acceptors (Lipinski definition) is 2. The second-order valence-corrected chi connectivity index (χ2v) is 3.10. The topological polar surface area (TPSA) is 29.5 Å². The second kappa shape index (κ2) is 3.94. The Morgan fingerprint density at radius 3 is 2.60 bits per heavy atom. The monoisotopic (exact) mass is 144 g/mol. The van der Waals surface area contributed by atoms with Crippen LogP contribution in [0.2, 0.25) is 0 Å². The maximum absolute atomic E-state index is 8.85. The standard InChI is InChI=1S/C8H16O2/c1-2-7(4-9)3-8-5-10-6-8/h7-9H,2-6H2,1H3. The molecule has 0 aromatic heterocycles. The summed E-state index contributed by atoms with van der Waals surface area (Å²) in [4.78, 5) is 0. The molecule has 1 fully saturated rings. The first kappa shape index (κ1) is 8.02. The first-order valence-electron chi connectivity index (χ1n) is 4.05. The molecule has 0 spiro atoms. The fourth-order valence-electron chi connectivity index (χ4n) is 1.26. The van der Waals surface area contributed by atoms with Crippen LogP contribution in [0.3, 0.4) is 0 Å². The zero-order valence-corrected chi connectivity index (χ0v) is 6.55. The molecule has 0 radical (unpaired) electrons. The zero-order valence-electron chi connectivity index (χ0n) is 6.55. The lowest BCUT2D eigenvalue weighted by Crippen LogP contribution is -2.30. The maximum atomic E-state index is 8.85. The molecular weight excluding hydrogens is 128 g/mol. The summed E-state index contributed by atoms with van der Waals surface area (Å²) in [5, 5.41) is 8.85. The van der Waals surface area contributed by atoms with E-state index in [0.717, 1.165) is 32.0 Å². The van der Waals surface area contributed by atoms with Crippen molar-refractivity contribution in [1.82, 2.24) is 0 Å². The van der Waals surface area contributed by atoms with E-state index in [1.807, 2.05) is 0 Å². The molecule has 10 heavy (non-hydrogen) atoms. The van der Waals surface area contributed by atoms with E-state index in [0.29, 0.717) is 12.5 Å². The molecule has 1 N–H and O–H groups in total. The van der Waals surface area contributed by atoms with E-state index in [2.05, 4.69) is 6.92 Å². The van der Waals surface area contributed by atoms with E-state index in [-0.39, 0.29) is 0 Å². The summed E-state index contributed by atoms with van der Waals surface area (Å²) >= 11 is 0. The van der Waals surface area contributed by atoms with Gasteiger partial charge in [-0.3, -0.25) is 0 Å². The van der Waals surface area contributed by atoms with Crippen molar-refractivity contribution in [3.63, 3.8) is 0 Å². The Morgan fingerprint density at radius 1 is 1.60 bits per heavy atom. The summed E-state index contributed by atoms with van der Waals surface area (Å²) in [6.45, 7) is 4.29. The fraction of sp³-hybridized carbons (Fsp3) is 1.00. The van der Waals surface area contributed by atoms with Gasteiger partial charge in [0.1, 0.15) is 0 Å². The number of aliphatic hydroxyl groups is 1. The number of rotatable bonds is 4. The molecule has 1 rings (SSSR count). The Morgan fingerprint density at radius 2 is 2.30 bits per heavy atom. The van der Waals surface area contributed by atoms with E-state index in [4.69, 9.17) is 9.84 Å². The van der Waals surface area contributed by atoms with E-state index in [1.54, 1.807) is 0 Å². The quantitative estimate of drug-likeness (QED) is 0.639. The van der Waals surface area contributed by atoms with Crippen molar-refractivity contribution < 1.29 is 9.84 Å². The highest BCUT2D eigenvalue weighted by Gasteiger charge is 2.21. The van der Waals surface area contributed by atoms with E-state index < -0.39 is 0 Å². The predicted molar refractivity (Wildman–Crippen MR) is 39.8 cm³/mol. The maximum Gasteiger partial charge on any atom is 0.0516 e. The van der Waals surface area contributed by atoms with Crippen LogP contribution in [0.1, 0.15) is 19.8 Å². The molecule has 0 saturated carbocycles. The van der Waals surface area contributed by atoms with Crippen molar-refractivity contribution in [3.05, 3.63) is 0 Å². The Labute approximate surface area is 62.2 Å². The normalized spacial score (nSPS) is 22.2. The molecule has 2 nitrogen and oxygen atoms in total. The summed E-state index contributed by atoms with van der Waals surface area (Å²) in [5.74, 6) is 1.24. The average Bonchev–Trinajstić information content (AvgIpc) is 1.87. The summed E-state index contributed by atoms with van der Waals surface area (Å²) in [5.41, 5.74) is 0. The van der Waals surface area contributed by atoms with Crippen LogP contribution in [-0.2, 0) is 4.74 Å². The van der Waals surface area contributed by atoms with E-state index >= 15 is 0 Å². The van der Waals surface area contributed by atoms with Crippen LogP contribution in [-0.4, -0.2) is 24.9 Å². The van der Waals surface area contributed by atoms with Crippen molar-refractivity contribution in [3.8, 4) is 0 Å². The molecule has 1 saturated heterocycles. The van der Waals surface area contributed by atoms with Crippen LogP contribution in [0, 0.1) is 11.8 Å². The largest absolute Gasteiger partial charge is 0.396 e. The molecular formula is C8H16O2. The summed E-state index contributed by atoms with van der Waals surface area (Å²) in [6.07, 6.45) is 2.24. The molecule has 0 aromatic carbocycles. The summed E-state index contributed by atoms with van der Waals surface area (Å²) in [7, 11) is 0. The minimum absolute atomic E-state index is 0.340. The molecule has 1 heterocycles. The Hall–Kier alpha value is -0.0800. The van der Waals surface area contributed by atoms with Gasteiger partial charge in [-0.2, -0.15) is 0 Å². The first-order valence-corrected chi connectivity index (χ1v) is 4.05. The molecule has 0 amide bonds. The van der Waals surface area contributed by atoms with Crippen molar-refractivity contribution in [2.24, 2.45) is 11.8 Å². The van der Waals surface area contributed by atoms with Gasteiger partial charge in [0.05, 0.1) is 13.2 Å². The third kappa shape index (κ3) is 1.96. The van der Waals surface area contributed by atoms with Gasteiger partial charge in [-0.15, -0.1) is 0 Å². The van der Waals surface area contributed by atoms with Crippen LogP contribution >= 0.6 is 0 Å². The molecule has 2 heteroatoms. The fourth-order valence-corrected chi connectivity index (χ4v) is 1.26. The first-order chi connectivity index (χ1) is 4.86. The van der Waals surface area contributed by atoms with Crippen molar-refractivity contribution in [1.29, 1.82) is 0 Å². The molecule has 0 aliphatic carbocycles. The number of hydrogen-bond donors (Lipinski definition) is 1. The van der Waals surface area contributed by atoms with Crippen molar-refractivity contribution >= 4 is 0 Å². The van der Waals surface area contributed by atoms with Crippen LogP contribution in [0.4, 0.5) is 0 Å². The Bertz CT molecular complexity index is 85.3. The molecule has 0 aromatic rings. The van der Waals surface area contributed by atoms with Crippen LogP contribution in [0.15, 0.2) is 0 Å². The second-order valence-electron chi connectivity index (χ2n) is 3.10. The van der Waals surface area contributed by atoms with Gasteiger partial charge in [-0.25, -0.2) is 0 Å². The van der Waals surface area contributed by atoms with Gasteiger partial charge in [0.25, 0.3) is 0 Å². The van der Waals surface area contributed by atoms with Gasteiger partial charge in [-0.1, -0.05) is 13.3 Å². The highest BCUT2D eigenvalue weighted by molar-refractivity contribution is 4.69. The molecule has 60 valence electrons. The molecule has 1 atom stereocenters.